The van der Waals surface area contributed by atoms with Gasteiger partial charge in [0.15, 0.2) is 0 Å². The third kappa shape index (κ3) is 3.19. The Labute approximate surface area is 102 Å². The van der Waals surface area contributed by atoms with Crippen LogP contribution in [-0.2, 0) is 6.42 Å². The summed E-state index contributed by atoms with van der Waals surface area (Å²) in [5.74, 6) is 2.20. The van der Waals surface area contributed by atoms with E-state index in [2.05, 4.69) is 29.4 Å². The average Bonchev–Trinajstić information content (AvgIpc) is 2.72. The van der Waals surface area contributed by atoms with E-state index in [0.29, 0.717) is 30.9 Å². The highest BCUT2D eigenvalue weighted by Crippen LogP contribution is 2.30. The summed E-state index contributed by atoms with van der Waals surface area (Å²) >= 11 is 0. The molecular formula is C12H22N4O. The van der Waals surface area contributed by atoms with Gasteiger partial charge in [0.05, 0.1) is 0 Å². The first-order valence-corrected chi connectivity index (χ1v) is 6.48. The van der Waals surface area contributed by atoms with Gasteiger partial charge in [-0.15, -0.1) is 5.10 Å². The molecular weight excluding hydrogens is 216 g/mol. The van der Waals surface area contributed by atoms with Crippen molar-refractivity contribution in [1.29, 1.82) is 0 Å². The highest BCUT2D eigenvalue weighted by molar-refractivity contribution is 5.20. The van der Waals surface area contributed by atoms with Crippen LogP contribution in [0.5, 0.6) is 0 Å². The van der Waals surface area contributed by atoms with Gasteiger partial charge in [-0.25, -0.2) is 0 Å². The minimum atomic E-state index is 0.465. The molecule has 0 amide bonds. The molecule has 1 aromatic rings. The number of rotatable bonds is 4. The SMILES string of the molecule is CC1CCC(Nc2nnc(CCN)o2)CC1C. The van der Waals surface area contributed by atoms with Gasteiger partial charge in [-0.05, 0) is 31.1 Å². The molecule has 3 atom stereocenters. The quantitative estimate of drug-likeness (QED) is 0.836. The van der Waals surface area contributed by atoms with Crippen molar-refractivity contribution in [3.05, 3.63) is 5.89 Å². The molecule has 1 aliphatic carbocycles. The van der Waals surface area contributed by atoms with E-state index in [1.807, 2.05) is 0 Å². The largest absolute Gasteiger partial charge is 0.408 e. The molecule has 0 bridgehead atoms. The lowest BCUT2D eigenvalue weighted by Crippen LogP contribution is -2.30. The van der Waals surface area contributed by atoms with Crippen molar-refractivity contribution in [2.24, 2.45) is 17.6 Å². The molecule has 17 heavy (non-hydrogen) atoms. The third-order valence-corrected chi connectivity index (χ3v) is 3.75. The predicted octanol–water partition coefficient (Wildman–Crippen LogP) is 1.81. The van der Waals surface area contributed by atoms with Crippen LogP contribution in [0, 0.1) is 11.8 Å². The van der Waals surface area contributed by atoms with Gasteiger partial charge in [0.2, 0.25) is 5.89 Å². The van der Waals surface area contributed by atoms with Gasteiger partial charge in [0.1, 0.15) is 0 Å². The van der Waals surface area contributed by atoms with Crippen molar-refractivity contribution in [2.75, 3.05) is 11.9 Å². The van der Waals surface area contributed by atoms with Crippen LogP contribution in [0.2, 0.25) is 0 Å². The summed E-state index contributed by atoms with van der Waals surface area (Å²) in [5, 5.41) is 11.3. The van der Waals surface area contributed by atoms with Gasteiger partial charge in [-0.2, -0.15) is 0 Å². The van der Waals surface area contributed by atoms with Crippen LogP contribution in [0.4, 0.5) is 6.01 Å². The Bertz CT molecular complexity index is 352. The van der Waals surface area contributed by atoms with Crippen molar-refractivity contribution in [2.45, 2.75) is 45.6 Å². The Hall–Kier alpha value is -1.10. The topological polar surface area (TPSA) is 77.0 Å². The molecule has 3 N–H and O–H groups in total. The number of aromatic nitrogens is 2. The fraction of sp³-hybridized carbons (Fsp3) is 0.833. The van der Waals surface area contributed by atoms with Crippen LogP contribution < -0.4 is 11.1 Å². The molecule has 1 saturated carbocycles. The van der Waals surface area contributed by atoms with Crippen LogP contribution in [-0.4, -0.2) is 22.8 Å². The number of nitrogens with zero attached hydrogens (tertiary/aromatic N) is 2. The zero-order chi connectivity index (χ0) is 12.3. The fourth-order valence-corrected chi connectivity index (χ4v) is 2.39. The number of hydrogen-bond donors (Lipinski definition) is 2. The van der Waals surface area contributed by atoms with Gasteiger partial charge in [-0.3, -0.25) is 0 Å². The number of nitrogens with two attached hydrogens (primary N) is 1. The normalized spacial score (nSPS) is 29.2. The molecule has 0 aromatic carbocycles. The van der Waals surface area contributed by atoms with E-state index in [0.717, 1.165) is 11.8 Å². The van der Waals surface area contributed by atoms with E-state index in [1.165, 1.54) is 19.3 Å². The maximum absolute atomic E-state index is 5.48. The molecule has 0 saturated heterocycles. The fourth-order valence-electron chi connectivity index (χ4n) is 2.39. The van der Waals surface area contributed by atoms with Crippen molar-refractivity contribution < 1.29 is 4.42 Å². The number of nitrogens with one attached hydrogen (secondary N) is 1. The predicted molar refractivity (Wildman–Crippen MR) is 66.6 cm³/mol. The van der Waals surface area contributed by atoms with Crippen LogP contribution in [0.3, 0.4) is 0 Å². The van der Waals surface area contributed by atoms with Gasteiger partial charge in [-0.1, -0.05) is 18.9 Å². The lowest BCUT2D eigenvalue weighted by molar-refractivity contribution is 0.258. The Morgan fingerprint density at radius 1 is 1.29 bits per heavy atom. The van der Waals surface area contributed by atoms with Gasteiger partial charge < -0.3 is 15.5 Å². The lowest BCUT2D eigenvalue weighted by atomic mass is 9.79. The summed E-state index contributed by atoms with van der Waals surface area (Å²) in [6.45, 7) is 5.18. The minimum Gasteiger partial charge on any atom is -0.408 e. The Morgan fingerprint density at radius 3 is 2.82 bits per heavy atom. The highest BCUT2D eigenvalue weighted by Gasteiger charge is 2.25. The highest BCUT2D eigenvalue weighted by atomic mass is 16.4. The van der Waals surface area contributed by atoms with Gasteiger partial charge in [0, 0.05) is 19.0 Å². The zero-order valence-electron chi connectivity index (χ0n) is 10.6. The molecule has 3 unspecified atom stereocenters. The summed E-state index contributed by atoms with van der Waals surface area (Å²) in [5.41, 5.74) is 5.44. The molecule has 5 nitrogen and oxygen atoms in total. The second-order valence-electron chi connectivity index (χ2n) is 5.15. The first kappa shape index (κ1) is 12.4. The summed E-state index contributed by atoms with van der Waals surface area (Å²) in [6.07, 6.45) is 4.27. The van der Waals surface area contributed by atoms with E-state index in [4.69, 9.17) is 10.2 Å². The van der Waals surface area contributed by atoms with E-state index in [-0.39, 0.29) is 0 Å². The van der Waals surface area contributed by atoms with Crippen molar-refractivity contribution in [1.82, 2.24) is 10.2 Å². The molecule has 1 aromatic heterocycles. The van der Waals surface area contributed by atoms with Crippen molar-refractivity contribution in [3.63, 3.8) is 0 Å². The second kappa shape index (κ2) is 5.49. The maximum Gasteiger partial charge on any atom is 0.315 e. The first-order valence-electron chi connectivity index (χ1n) is 6.48. The van der Waals surface area contributed by atoms with E-state index < -0.39 is 0 Å². The van der Waals surface area contributed by atoms with Crippen molar-refractivity contribution in [3.8, 4) is 0 Å². The van der Waals surface area contributed by atoms with Crippen LogP contribution in [0.25, 0.3) is 0 Å². The smallest absolute Gasteiger partial charge is 0.315 e. The Kier molecular flexibility index (Phi) is 3.99. The van der Waals surface area contributed by atoms with Crippen LogP contribution in [0.15, 0.2) is 4.42 Å². The molecule has 0 aliphatic heterocycles. The number of anilines is 1. The molecule has 0 radical (unpaired) electrons. The van der Waals surface area contributed by atoms with Crippen LogP contribution in [0.1, 0.15) is 39.0 Å². The van der Waals surface area contributed by atoms with E-state index >= 15 is 0 Å². The molecule has 0 spiro atoms. The average molecular weight is 238 g/mol. The summed E-state index contributed by atoms with van der Waals surface area (Å²) in [4.78, 5) is 0. The molecule has 96 valence electrons. The standard InChI is InChI=1S/C12H22N4O/c1-8-3-4-10(7-9(8)2)14-12-16-15-11(17-12)5-6-13/h8-10H,3-7,13H2,1-2H3,(H,14,16). The van der Waals surface area contributed by atoms with E-state index in [9.17, 15) is 0 Å². The molecule has 1 fully saturated rings. The molecule has 1 heterocycles. The van der Waals surface area contributed by atoms with Gasteiger partial charge >= 0.3 is 6.01 Å². The Balaban J connectivity index is 1.87. The van der Waals surface area contributed by atoms with E-state index in [1.54, 1.807) is 0 Å². The molecule has 2 rings (SSSR count). The van der Waals surface area contributed by atoms with Gasteiger partial charge in [0.25, 0.3) is 0 Å². The lowest BCUT2D eigenvalue weighted by Gasteiger charge is -2.31. The summed E-state index contributed by atoms with van der Waals surface area (Å²) < 4.78 is 5.48. The molecule has 1 aliphatic rings. The third-order valence-electron chi connectivity index (χ3n) is 3.75. The zero-order valence-corrected chi connectivity index (χ0v) is 10.6. The summed E-state index contributed by atoms with van der Waals surface area (Å²) in [6, 6.07) is 1.01. The van der Waals surface area contributed by atoms with Crippen molar-refractivity contribution >= 4 is 6.01 Å². The Morgan fingerprint density at radius 2 is 2.12 bits per heavy atom. The minimum absolute atomic E-state index is 0.465. The first-order chi connectivity index (χ1) is 8.19. The maximum atomic E-state index is 5.48. The monoisotopic (exact) mass is 238 g/mol. The molecule has 5 heteroatoms. The summed E-state index contributed by atoms with van der Waals surface area (Å²) in [7, 11) is 0. The van der Waals surface area contributed by atoms with Crippen LogP contribution >= 0.6 is 0 Å². The number of hydrogen-bond acceptors (Lipinski definition) is 5. The second-order valence-corrected chi connectivity index (χ2v) is 5.15.